The molecule has 3 amide bonds. The molecule has 1 aromatic carbocycles. The van der Waals surface area contributed by atoms with E-state index in [9.17, 15) is 14.4 Å². The van der Waals surface area contributed by atoms with Gasteiger partial charge in [0.05, 0.1) is 0 Å². The highest BCUT2D eigenvalue weighted by molar-refractivity contribution is 6.35. The van der Waals surface area contributed by atoms with Crippen molar-refractivity contribution in [2.75, 3.05) is 6.54 Å². The van der Waals surface area contributed by atoms with Crippen LogP contribution in [0, 0.1) is 5.92 Å². The highest BCUT2D eigenvalue weighted by Crippen LogP contribution is 2.38. The molecule has 1 aliphatic carbocycles. The van der Waals surface area contributed by atoms with Crippen LogP contribution in [0.4, 0.5) is 4.79 Å². The van der Waals surface area contributed by atoms with Crippen molar-refractivity contribution in [3.63, 3.8) is 0 Å². The van der Waals surface area contributed by atoms with Gasteiger partial charge in [-0.05, 0) is 30.9 Å². The fraction of sp³-hybridized carbons (Fsp3) is 0.500. The van der Waals surface area contributed by atoms with Gasteiger partial charge in [0.15, 0.2) is 0 Å². The zero-order valence-corrected chi connectivity index (χ0v) is 15.9. The minimum atomic E-state index is -0.880. The molecular formula is C18H20Cl2N2O4. The number of nitrogens with one attached hydrogen (secondary N) is 1. The quantitative estimate of drug-likeness (QED) is 0.621. The Balaban J connectivity index is 1.62. The van der Waals surface area contributed by atoms with E-state index in [1.807, 2.05) is 6.92 Å². The number of urea groups is 1. The molecule has 8 heteroatoms. The zero-order valence-electron chi connectivity index (χ0n) is 14.4. The van der Waals surface area contributed by atoms with Crippen LogP contribution in [0.3, 0.4) is 0 Å². The van der Waals surface area contributed by atoms with E-state index < -0.39 is 24.1 Å². The molecule has 2 aliphatic rings. The largest absolute Gasteiger partial charge is 0.459 e. The second-order valence-electron chi connectivity index (χ2n) is 6.84. The van der Waals surface area contributed by atoms with Crippen molar-refractivity contribution in [1.82, 2.24) is 10.2 Å². The van der Waals surface area contributed by atoms with Gasteiger partial charge >= 0.3 is 12.0 Å². The molecule has 0 bridgehead atoms. The van der Waals surface area contributed by atoms with Crippen LogP contribution in [0.1, 0.15) is 38.2 Å². The molecule has 2 unspecified atom stereocenters. The summed E-state index contributed by atoms with van der Waals surface area (Å²) in [6.07, 6.45) is 3.39. The molecule has 1 heterocycles. The number of hydrogen-bond donors (Lipinski definition) is 1. The van der Waals surface area contributed by atoms with E-state index in [0.717, 1.165) is 24.2 Å². The Morgan fingerprint density at radius 2 is 2.12 bits per heavy atom. The molecule has 26 heavy (non-hydrogen) atoms. The van der Waals surface area contributed by atoms with Crippen molar-refractivity contribution < 1.29 is 19.1 Å². The second kappa shape index (κ2) is 7.45. The van der Waals surface area contributed by atoms with Crippen molar-refractivity contribution in [1.29, 1.82) is 0 Å². The summed E-state index contributed by atoms with van der Waals surface area (Å²) in [4.78, 5) is 38.1. The second-order valence-corrected chi connectivity index (χ2v) is 7.68. The Morgan fingerprint density at radius 1 is 1.35 bits per heavy atom. The molecule has 1 aliphatic heterocycles. The third kappa shape index (κ3) is 3.53. The number of halogens is 2. The van der Waals surface area contributed by atoms with E-state index in [1.165, 1.54) is 0 Å². The monoisotopic (exact) mass is 398 g/mol. The Kier molecular flexibility index (Phi) is 5.44. The van der Waals surface area contributed by atoms with Crippen LogP contribution < -0.4 is 5.32 Å². The minimum Gasteiger partial charge on any atom is -0.459 e. The Hall–Kier alpha value is -1.79. The van der Waals surface area contributed by atoms with E-state index in [4.69, 9.17) is 27.9 Å². The first-order valence-corrected chi connectivity index (χ1v) is 9.33. The standard InChI is InChI=1S/C18H20Cl2N2O4/c1-11-4-2-3-7-18(11)16(24)22(17(25)21-18)9-15(23)26-10-12-5-6-13(19)8-14(12)20/h5-6,8,11H,2-4,7,9-10H2,1H3,(H,21,25). The average molecular weight is 399 g/mol. The zero-order chi connectivity index (χ0) is 18.9. The number of rotatable bonds is 4. The molecule has 2 atom stereocenters. The predicted molar refractivity (Wildman–Crippen MR) is 96.9 cm³/mol. The molecule has 0 aromatic heterocycles. The molecule has 1 aromatic rings. The van der Waals surface area contributed by atoms with E-state index in [-0.39, 0.29) is 18.4 Å². The maximum atomic E-state index is 12.8. The summed E-state index contributed by atoms with van der Waals surface area (Å²) in [7, 11) is 0. The SMILES string of the molecule is CC1CCCCC12NC(=O)N(CC(=O)OCc1ccc(Cl)cc1Cl)C2=O. The molecule has 1 saturated carbocycles. The van der Waals surface area contributed by atoms with E-state index in [2.05, 4.69) is 5.32 Å². The maximum Gasteiger partial charge on any atom is 0.326 e. The number of nitrogens with zero attached hydrogens (tertiary/aromatic N) is 1. The summed E-state index contributed by atoms with van der Waals surface area (Å²) >= 11 is 11.9. The lowest BCUT2D eigenvalue weighted by atomic mass is 9.73. The van der Waals surface area contributed by atoms with E-state index >= 15 is 0 Å². The van der Waals surface area contributed by atoms with Crippen molar-refractivity contribution in [3.8, 4) is 0 Å². The number of carbonyl (C=O) groups excluding carboxylic acids is 3. The molecule has 1 spiro atoms. The molecule has 1 N–H and O–H groups in total. The highest BCUT2D eigenvalue weighted by Gasteiger charge is 2.55. The molecule has 6 nitrogen and oxygen atoms in total. The number of ether oxygens (including phenoxy) is 1. The highest BCUT2D eigenvalue weighted by atomic mass is 35.5. The number of amides is 3. The molecule has 3 rings (SSSR count). The third-order valence-corrected chi connectivity index (χ3v) is 5.78. The summed E-state index contributed by atoms with van der Waals surface area (Å²) in [6.45, 7) is 1.49. The summed E-state index contributed by atoms with van der Waals surface area (Å²) in [5.41, 5.74) is -0.284. The average Bonchev–Trinajstić information content (AvgIpc) is 2.82. The van der Waals surface area contributed by atoms with Gasteiger partial charge in [-0.3, -0.25) is 14.5 Å². The molecular weight excluding hydrogens is 379 g/mol. The lowest BCUT2D eigenvalue weighted by Crippen LogP contribution is -2.54. The van der Waals surface area contributed by atoms with Gasteiger partial charge in [0.25, 0.3) is 5.91 Å². The van der Waals surface area contributed by atoms with Crippen molar-refractivity contribution in [2.24, 2.45) is 5.92 Å². The summed E-state index contributed by atoms with van der Waals surface area (Å²) in [5.74, 6) is -0.960. The smallest absolute Gasteiger partial charge is 0.326 e. The number of benzene rings is 1. The summed E-state index contributed by atoms with van der Waals surface area (Å²) in [5, 5.41) is 3.67. The van der Waals surface area contributed by atoms with Crippen LogP contribution in [-0.4, -0.2) is 34.9 Å². The minimum absolute atomic E-state index is 0.0431. The summed E-state index contributed by atoms with van der Waals surface area (Å²) in [6, 6.07) is 4.31. The normalized spacial score (nSPS) is 25.5. The fourth-order valence-electron chi connectivity index (χ4n) is 3.61. The van der Waals surface area contributed by atoms with Crippen molar-refractivity contribution in [2.45, 2.75) is 44.8 Å². The fourth-order valence-corrected chi connectivity index (χ4v) is 4.07. The Labute approximate surface area is 161 Å². The van der Waals surface area contributed by atoms with Gasteiger partial charge in [-0.15, -0.1) is 0 Å². The van der Waals surface area contributed by atoms with Gasteiger partial charge in [-0.1, -0.05) is 49.0 Å². The van der Waals surface area contributed by atoms with Crippen LogP contribution in [0.25, 0.3) is 0 Å². The van der Waals surface area contributed by atoms with Crippen molar-refractivity contribution in [3.05, 3.63) is 33.8 Å². The third-order valence-electron chi connectivity index (χ3n) is 5.19. The predicted octanol–water partition coefficient (Wildman–Crippen LogP) is 3.54. The Morgan fingerprint density at radius 3 is 2.81 bits per heavy atom. The van der Waals surface area contributed by atoms with Gasteiger partial charge in [0.1, 0.15) is 18.7 Å². The maximum absolute atomic E-state index is 12.8. The first-order valence-electron chi connectivity index (χ1n) is 8.57. The van der Waals surface area contributed by atoms with E-state index in [0.29, 0.717) is 22.0 Å². The number of carbonyl (C=O) groups is 3. The van der Waals surface area contributed by atoms with Crippen LogP contribution in [-0.2, 0) is 20.9 Å². The molecule has 2 fully saturated rings. The van der Waals surface area contributed by atoms with Crippen molar-refractivity contribution >= 4 is 41.1 Å². The molecule has 1 saturated heterocycles. The van der Waals surface area contributed by atoms with Gasteiger partial charge in [-0.25, -0.2) is 4.79 Å². The van der Waals surface area contributed by atoms with E-state index in [1.54, 1.807) is 18.2 Å². The number of imide groups is 1. The van der Waals surface area contributed by atoms with Gasteiger partial charge in [0, 0.05) is 15.6 Å². The summed E-state index contributed by atoms with van der Waals surface area (Å²) < 4.78 is 5.17. The van der Waals surface area contributed by atoms with Crippen LogP contribution in [0.2, 0.25) is 10.0 Å². The number of esters is 1. The molecule has 140 valence electrons. The lowest BCUT2D eigenvalue weighted by Gasteiger charge is -2.36. The van der Waals surface area contributed by atoms with Crippen LogP contribution in [0.15, 0.2) is 18.2 Å². The van der Waals surface area contributed by atoms with Gasteiger partial charge < -0.3 is 10.1 Å². The molecule has 0 radical (unpaired) electrons. The van der Waals surface area contributed by atoms with Gasteiger partial charge in [0.2, 0.25) is 0 Å². The van der Waals surface area contributed by atoms with Gasteiger partial charge in [-0.2, -0.15) is 0 Å². The number of hydrogen-bond acceptors (Lipinski definition) is 4. The first-order chi connectivity index (χ1) is 12.3. The van der Waals surface area contributed by atoms with Crippen LogP contribution >= 0.6 is 23.2 Å². The lowest BCUT2D eigenvalue weighted by molar-refractivity contribution is -0.149. The topological polar surface area (TPSA) is 75.7 Å². The Bertz CT molecular complexity index is 755. The first kappa shape index (κ1) is 19.0. The van der Waals surface area contributed by atoms with Crippen LogP contribution in [0.5, 0.6) is 0 Å².